The van der Waals surface area contributed by atoms with Crippen LogP contribution in [0.1, 0.15) is 15.9 Å². The summed E-state index contributed by atoms with van der Waals surface area (Å²) >= 11 is 0. The number of nitrogens with one attached hydrogen (secondary N) is 1. The molecule has 2 aromatic heterocycles. The van der Waals surface area contributed by atoms with Gasteiger partial charge in [0.2, 0.25) is 5.89 Å². The predicted octanol–water partition coefficient (Wildman–Crippen LogP) is 5.19. The minimum Gasteiger partial charge on any atom is -0.508 e. The maximum Gasteiger partial charge on any atom is 0.252 e. The van der Waals surface area contributed by atoms with Crippen LogP contribution < -0.4 is 5.32 Å². The molecule has 2 heterocycles. The minimum absolute atomic E-state index is 0.0861. The van der Waals surface area contributed by atoms with Gasteiger partial charge in [-0.1, -0.05) is 42.5 Å². The second-order valence-electron chi connectivity index (χ2n) is 7.34. The van der Waals surface area contributed by atoms with Gasteiger partial charge in [0.1, 0.15) is 12.0 Å². The molecule has 0 spiro atoms. The number of rotatable bonds is 5. The van der Waals surface area contributed by atoms with Crippen LogP contribution in [0.3, 0.4) is 0 Å². The molecule has 1 amide bonds. The van der Waals surface area contributed by atoms with Gasteiger partial charge in [0, 0.05) is 23.1 Å². The lowest BCUT2D eigenvalue weighted by molar-refractivity contribution is 0.0952. The molecular formula is C26H19N3O3. The first-order valence-corrected chi connectivity index (χ1v) is 10.1. The van der Waals surface area contributed by atoms with E-state index in [0.29, 0.717) is 34.6 Å². The largest absolute Gasteiger partial charge is 0.508 e. The Bertz CT molecular complexity index is 1380. The van der Waals surface area contributed by atoms with E-state index in [1.54, 1.807) is 30.5 Å². The third-order valence-electron chi connectivity index (χ3n) is 5.19. The van der Waals surface area contributed by atoms with Gasteiger partial charge in [-0.05, 0) is 42.0 Å². The summed E-state index contributed by atoms with van der Waals surface area (Å²) in [7, 11) is 0. The number of amides is 1. The van der Waals surface area contributed by atoms with Gasteiger partial charge in [-0.3, -0.25) is 4.79 Å². The number of oxazole rings is 1. The average Bonchev–Trinajstić information content (AvgIpc) is 3.38. The Hall–Kier alpha value is -4.45. The average molecular weight is 421 g/mol. The number of carbonyl (C=O) groups is 1. The van der Waals surface area contributed by atoms with E-state index in [-0.39, 0.29) is 11.7 Å². The molecule has 5 aromatic rings. The van der Waals surface area contributed by atoms with Gasteiger partial charge in [0.25, 0.3) is 5.91 Å². The van der Waals surface area contributed by atoms with E-state index >= 15 is 0 Å². The highest BCUT2D eigenvalue weighted by atomic mass is 16.3. The summed E-state index contributed by atoms with van der Waals surface area (Å²) in [6.45, 7) is 0.355. The number of hydrogen-bond donors (Lipinski definition) is 2. The molecule has 0 radical (unpaired) electrons. The zero-order valence-corrected chi connectivity index (χ0v) is 17.0. The number of pyridine rings is 1. The van der Waals surface area contributed by atoms with Gasteiger partial charge < -0.3 is 14.8 Å². The number of aromatic hydroxyl groups is 1. The van der Waals surface area contributed by atoms with Crippen molar-refractivity contribution in [1.29, 1.82) is 0 Å². The molecular weight excluding hydrogens is 402 g/mol. The highest BCUT2D eigenvalue weighted by molar-refractivity contribution is 6.07. The summed E-state index contributed by atoms with van der Waals surface area (Å²) in [6.07, 6.45) is 3.13. The van der Waals surface area contributed by atoms with Gasteiger partial charge in [0.05, 0.1) is 23.0 Å². The summed E-state index contributed by atoms with van der Waals surface area (Å²) in [5.74, 6) is 0.400. The number of nitrogens with zero attached hydrogens (tertiary/aromatic N) is 2. The molecule has 0 atom stereocenters. The Morgan fingerprint density at radius 3 is 2.50 bits per heavy atom. The van der Waals surface area contributed by atoms with Crippen LogP contribution in [0, 0.1) is 0 Å². The van der Waals surface area contributed by atoms with Crippen molar-refractivity contribution >= 4 is 16.8 Å². The zero-order valence-electron chi connectivity index (χ0n) is 17.0. The zero-order chi connectivity index (χ0) is 21.9. The fourth-order valence-corrected chi connectivity index (χ4v) is 3.57. The van der Waals surface area contributed by atoms with Gasteiger partial charge in [-0.2, -0.15) is 0 Å². The maximum absolute atomic E-state index is 13.1. The summed E-state index contributed by atoms with van der Waals surface area (Å²) < 4.78 is 5.31. The number of phenols is 1. The van der Waals surface area contributed by atoms with E-state index < -0.39 is 0 Å². The molecule has 0 fully saturated rings. The van der Waals surface area contributed by atoms with Crippen molar-refractivity contribution < 1.29 is 14.3 Å². The molecule has 3 aromatic carbocycles. The number of benzene rings is 3. The molecule has 32 heavy (non-hydrogen) atoms. The van der Waals surface area contributed by atoms with Gasteiger partial charge >= 0.3 is 0 Å². The van der Waals surface area contributed by atoms with Crippen molar-refractivity contribution in [2.75, 3.05) is 0 Å². The molecule has 0 bridgehead atoms. The van der Waals surface area contributed by atoms with Crippen molar-refractivity contribution in [1.82, 2.24) is 15.3 Å². The smallest absolute Gasteiger partial charge is 0.252 e. The second kappa shape index (κ2) is 8.35. The van der Waals surface area contributed by atoms with Crippen LogP contribution in [0.25, 0.3) is 33.6 Å². The number of hydrogen-bond acceptors (Lipinski definition) is 5. The van der Waals surface area contributed by atoms with Gasteiger partial charge in [0.15, 0.2) is 0 Å². The van der Waals surface area contributed by atoms with Gasteiger partial charge in [-0.15, -0.1) is 0 Å². The molecule has 0 aliphatic rings. The van der Waals surface area contributed by atoms with Crippen LogP contribution in [-0.4, -0.2) is 21.0 Å². The fraction of sp³-hybridized carbons (Fsp3) is 0.0385. The first-order chi connectivity index (χ1) is 15.7. The first kappa shape index (κ1) is 19.5. The Balaban J connectivity index is 1.43. The third-order valence-corrected chi connectivity index (χ3v) is 5.19. The molecule has 2 N–H and O–H groups in total. The Labute approximate surface area is 184 Å². The first-order valence-electron chi connectivity index (χ1n) is 10.1. The number of carbonyl (C=O) groups excluding carboxylic acids is 1. The van der Waals surface area contributed by atoms with Crippen LogP contribution >= 0.6 is 0 Å². The lowest BCUT2D eigenvalue weighted by Gasteiger charge is -2.11. The molecule has 6 nitrogen and oxygen atoms in total. The molecule has 0 aliphatic carbocycles. The van der Waals surface area contributed by atoms with Crippen LogP contribution in [0.2, 0.25) is 0 Å². The number of phenolic OH excluding ortho intramolecular Hbond substituents is 1. The minimum atomic E-state index is -0.239. The fourth-order valence-electron chi connectivity index (χ4n) is 3.57. The summed E-state index contributed by atoms with van der Waals surface area (Å²) in [6, 6.07) is 24.0. The predicted molar refractivity (Wildman–Crippen MR) is 122 cm³/mol. The summed E-state index contributed by atoms with van der Waals surface area (Å²) in [4.78, 5) is 21.9. The summed E-state index contributed by atoms with van der Waals surface area (Å²) in [5.41, 5.74) is 4.53. The van der Waals surface area contributed by atoms with E-state index in [9.17, 15) is 9.90 Å². The van der Waals surface area contributed by atoms with E-state index in [4.69, 9.17) is 4.42 Å². The Kier molecular flexibility index (Phi) is 5.09. The Morgan fingerprint density at radius 2 is 1.75 bits per heavy atom. The Morgan fingerprint density at radius 1 is 0.938 bits per heavy atom. The lowest BCUT2D eigenvalue weighted by Crippen LogP contribution is -2.23. The molecule has 6 heteroatoms. The van der Waals surface area contributed by atoms with Crippen molar-refractivity contribution in [2.24, 2.45) is 0 Å². The summed E-state index contributed by atoms with van der Waals surface area (Å²) in [5, 5.41) is 13.5. The number of aromatic nitrogens is 2. The quantitative estimate of drug-likeness (QED) is 0.408. The topological polar surface area (TPSA) is 88.3 Å². The van der Waals surface area contributed by atoms with Crippen molar-refractivity contribution in [3.63, 3.8) is 0 Å². The van der Waals surface area contributed by atoms with Crippen LogP contribution in [0.5, 0.6) is 5.75 Å². The van der Waals surface area contributed by atoms with E-state index in [1.165, 1.54) is 6.26 Å². The van der Waals surface area contributed by atoms with Crippen molar-refractivity contribution in [3.8, 4) is 28.5 Å². The highest BCUT2D eigenvalue weighted by Gasteiger charge is 2.15. The highest BCUT2D eigenvalue weighted by Crippen LogP contribution is 2.27. The van der Waals surface area contributed by atoms with Crippen LogP contribution in [-0.2, 0) is 6.54 Å². The molecule has 0 unspecified atom stereocenters. The molecule has 5 rings (SSSR count). The SMILES string of the molecule is O=C(NCc1ccc(-c2ncco2)cc1)c1cc(-c2ccccc2)nc2ccc(O)cc12. The normalized spacial score (nSPS) is 10.9. The van der Waals surface area contributed by atoms with E-state index in [0.717, 1.165) is 16.7 Å². The van der Waals surface area contributed by atoms with E-state index in [2.05, 4.69) is 15.3 Å². The molecule has 0 saturated heterocycles. The monoisotopic (exact) mass is 421 g/mol. The molecule has 0 saturated carbocycles. The second-order valence-corrected chi connectivity index (χ2v) is 7.34. The standard InChI is InChI=1S/C26H19N3O3/c30-20-10-11-23-21(14-20)22(15-24(29-23)18-4-2-1-3-5-18)25(31)28-16-17-6-8-19(9-7-17)26-27-12-13-32-26/h1-15,30H,16H2,(H,28,31). The van der Waals surface area contributed by atoms with Crippen molar-refractivity contribution in [2.45, 2.75) is 6.54 Å². The lowest BCUT2D eigenvalue weighted by atomic mass is 10.0. The van der Waals surface area contributed by atoms with Gasteiger partial charge in [-0.25, -0.2) is 9.97 Å². The maximum atomic E-state index is 13.1. The van der Waals surface area contributed by atoms with Crippen LogP contribution in [0.15, 0.2) is 95.7 Å². The third kappa shape index (κ3) is 3.94. The number of fused-ring (bicyclic) bond motifs is 1. The molecule has 156 valence electrons. The van der Waals surface area contributed by atoms with Crippen LogP contribution in [0.4, 0.5) is 0 Å². The van der Waals surface area contributed by atoms with E-state index in [1.807, 2.05) is 54.6 Å². The van der Waals surface area contributed by atoms with Crippen molar-refractivity contribution in [3.05, 3.63) is 102 Å². The molecule has 0 aliphatic heterocycles.